The minimum Gasteiger partial charge on any atom is -0.373 e. The maximum Gasteiger partial charge on any atom is 0.331 e. The summed E-state index contributed by atoms with van der Waals surface area (Å²) in [4.78, 5) is 15.8. The molecular formula is C12H17NO2. The van der Waals surface area contributed by atoms with E-state index in [0.717, 1.165) is 24.8 Å². The first-order valence-electron chi connectivity index (χ1n) is 5.25. The normalized spacial score (nSPS) is 12.1. The molecule has 0 radical (unpaired) electrons. The van der Waals surface area contributed by atoms with Crippen LogP contribution in [0.1, 0.15) is 37.7 Å². The number of carbonyl (C=O) groups is 1. The van der Waals surface area contributed by atoms with Gasteiger partial charge in [-0.1, -0.05) is 50.1 Å². The van der Waals surface area contributed by atoms with Crippen molar-refractivity contribution in [3.8, 4) is 0 Å². The predicted octanol–water partition coefficient (Wildman–Crippen LogP) is 2.38. The van der Waals surface area contributed by atoms with Crippen molar-refractivity contribution in [1.29, 1.82) is 0 Å². The number of nitrogens with two attached hydrogens (primary N) is 1. The molecule has 82 valence electrons. The van der Waals surface area contributed by atoms with Gasteiger partial charge in [-0.25, -0.2) is 4.79 Å². The second-order valence-electron chi connectivity index (χ2n) is 3.54. The van der Waals surface area contributed by atoms with Crippen LogP contribution in [0, 0.1) is 0 Å². The third-order valence-electron chi connectivity index (χ3n) is 2.45. The van der Waals surface area contributed by atoms with E-state index in [1.807, 2.05) is 30.3 Å². The summed E-state index contributed by atoms with van der Waals surface area (Å²) in [6, 6.07) is 9.61. The molecule has 1 aromatic carbocycles. The van der Waals surface area contributed by atoms with Crippen LogP contribution in [0.4, 0.5) is 0 Å². The third-order valence-corrected chi connectivity index (χ3v) is 2.45. The average Bonchev–Trinajstić information content (AvgIpc) is 2.30. The van der Waals surface area contributed by atoms with E-state index in [4.69, 9.17) is 5.90 Å². The van der Waals surface area contributed by atoms with Gasteiger partial charge in [-0.2, -0.15) is 5.90 Å². The highest BCUT2D eigenvalue weighted by Crippen LogP contribution is 2.22. The van der Waals surface area contributed by atoms with Crippen LogP contribution in [0.25, 0.3) is 0 Å². The van der Waals surface area contributed by atoms with Crippen LogP contribution < -0.4 is 5.90 Å². The molecule has 1 unspecified atom stereocenters. The molecule has 3 heteroatoms. The van der Waals surface area contributed by atoms with E-state index in [2.05, 4.69) is 11.8 Å². The van der Waals surface area contributed by atoms with Gasteiger partial charge < -0.3 is 4.84 Å². The molecule has 0 saturated heterocycles. The van der Waals surface area contributed by atoms with Gasteiger partial charge in [-0.3, -0.25) is 0 Å². The van der Waals surface area contributed by atoms with Crippen molar-refractivity contribution in [3.63, 3.8) is 0 Å². The van der Waals surface area contributed by atoms with Gasteiger partial charge in [0.1, 0.15) is 0 Å². The molecule has 0 spiro atoms. The summed E-state index contributed by atoms with van der Waals surface area (Å²) >= 11 is 0. The molecule has 1 atom stereocenters. The third kappa shape index (κ3) is 3.36. The highest BCUT2D eigenvalue weighted by molar-refractivity contribution is 5.77. The van der Waals surface area contributed by atoms with Gasteiger partial charge in [-0.05, 0) is 12.0 Å². The first-order valence-corrected chi connectivity index (χ1v) is 5.25. The summed E-state index contributed by atoms with van der Waals surface area (Å²) < 4.78 is 0. The van der Waals surface area contributed by atoms with Crippen LogP contribution in [0.2, 0.25) is 0 Å². The fourth-order valence-corrected chi connectivity index (χ4v) is 1.60. The van der Waals surface area contributed by atoms with E-state index in [1.165, 1.54) is 0 Å². The van der Waals surface area contributed by atoms with Gasteiger partial charge in [-0.15, -0.1) is 0 Å². The Labute approximate surface area is 90.2 Å². The molecule has 1 aromatic rings. The molecular weight excluding hydrogens is 190 g/mol. The zero-order valence-corrected chi connectivity index (χ0v) is 8.98. The average molecular weight is 207 g/mol. The van der Waals surface area contributed by atoms with Crippen LogP contribution in [-0.2, 0) is 9.63 Å². The van der Waals surface area contributed by atoms with Crippen LogP contribution in [0.5, 0.6) is 0 Å². The van der Waals surface area contributed by atoms with E-state index in [1.54, 1.807) is 0 Å². The quantitative estimate of drug-likeness (QED) is 0.754. The second-order valence-corrected chi connectivity index (χ2v) is 3.54. The van der Waals surface area contributed by atoms with Gasteiger partial charge in [0.25, 0.3) is 0 Å². The van der Waals surface area contributed by atoms with Crippen LogP contribution in [0.3, 0.4) is 0 Å². The number of hydrogen-bond donors (Lipinski definition) is 1. The van der Waals surface area contributed by atoms with E-state index in [-0.39, 0.29) is 11.9 Å². The first kappa shape index (κ1) is 11.7. The molecule has 0 amide bonds. The Hall–Kier alpha value is -1.35. The van der Waals surface area contributed by atoms with Gasteiger partial charge in [0.05, 0.1) is 5.92 Å². The molecule has 0 aliphatic heterocycles. The van der Waals surface area contributed by atoms with E-state index >= 15 is 0 Å². The maximum atomic E-state index is 11.5. The van der Waals surface area contributed by atoms with Gasteiger partial charge in [0, 0.05) is 0 Å². The number of hydrogen-bond acceptors (Lipinski definition) is 3. The largest absolute Gasteiger partial charge is 0.373 e. The lowest BCUT2D eigenvalue weighted by molar-refractivity contribution is -0.146. The summed E-state index contributed by atoms with van der Waals surface area (Å²) in [5.74, 6) is 4.35. The molecule has 0 fully saturated rings. The highest BCUT2D eigenvalue weighted by atomic mass is 16.7. The zero-order valence-electron chi connectivity index (χ0n) is 8.98. The van der Waals surface area contributed by atoms with Crippen molar-refractivity contribution in [3.05, 3.63) is 35.9 Å². The Morgan fingerprint density at radius 3 is 2.60 bits per heavy atom. The monoisotopic (exact) mass is 207 g/mol. The van der Waals surface area contributed by atoms with Crippen molar-refractivity contribution in [2.24, 2.45) is 5.90 Å². The summed E-state index contributed by atoms with van der Waals surface area (Å²) in [6.45, 7) is 2.09. The van der Waals surface area contributed by atoms with Crippen molar-refractivity contribution in [2.75, 3.05) is 0 Å². The zero-order chi connectivity index (χ0) is 11.1. The second kappa shape index (κ2) is 6.19. The SMILES string of the molecule is CCCCC(C(=O)ON)c1ccccc1. The van der Waals surface area contributed by atoms with Gasteiger partial charge in [0.2, 0.25) is 0 Å². The molecule has 0 bridgehead atoms. The lowest BCUT2D eigenvalue weighted by Gasteiger charge is -2.13. The smallest absolute Gasteiger partial charge is 0.331 e. The highest BCUT2D eigenvalue weighted by Gasteiger charge is 2.20. The van der Waals surface area contributed by atoms with Crippen molar-refractivity contribution in [2.45, 2.75) is 32.1 Å². The predicted molar refractivity (Wildman–Crippen MR) is 59.0 cm³/mol. The molecule has 0 aliphatic carbocycles. The minimum atomic E-state index is -0.352. The standard InChI is InChI=1S/C12H17NO2/c1-2-3-9-11(12(14)15-13)10-7-5-4-6-8-10/h4-8,11H,2-3,9,13H2,1H3. The molecule has 0 aliphatic rings. The molecule has 1 rings (SSSR count). The van der Waals surface area contributed by atoms with Crippen LogP contribution in [0.15, 0.2) is 30.3 Å². The summed E-state index contributed by atoms with van der Waals surface area (Å²) in [7, 11) is 0. The Kier molecular flexibility index (Phi) is 4.84. The number of unbranched alkanes of at least 4 members (excludes halogenated alkanes) is 1. The minimum absolute atomic E-state index is 0.226. The van der Waals surface area contributed by atoms with Crippen LogP contribution in [-0.4, -0.2) is 5.97 Å². The first-order chi connectivity index (χ1) is 7.29. The summed E-state index contributed by atoms with van der Waals surface area (Å²) in [5, 5.41) is 0. The molecule has 0 aromatic heterocycles. The molecule has 15 heavy (non-hydrogen) atoms. The molecule has 2 N–H and O–H groups in total. The fourth-order valence-electron chi connectivity index (χ4n) is 1.60. The Morgan fingerprint density at radius 2 is 2.07 bits per heavy atom. The Balaban J connectivity index is 2.76. The van der Waals surface area contributed by atoms with E-state index in [0.29, 0.717) is 0 Å². The van der Waals surface area contributed by atoms with Crippen molar-refractivity contribution < 1.29 is 9.63 Å². The number of carbonyl (C=O) groups excluding carboxylic acids is 1. The maximum absolute atomic E-state index is 11.5. The summed E-state index contributed by atoms with van der Waals surface area (Å²) in [6.07, 6.45) is 2.84. The van der Waals surface area contributed by atoms with E-state index < -0.39 is 0 Å². The van der Waals surface area contributed by atoms with Crippen molar-refractivity contribution >= 4 is 5.97 Å². The summed E-state index contributed by atoms with van der Waals surface area (Å²) in [5.41, 5.74) is 0.974. The lowest BCUT2D eigenvalue weighted by atomic mass is 9.94. The number of benzene rings is 1. The lowest BCUT2D eigenvalue weighted by Crippen LogP contribution is -2.19. The molecule has 0 heterocycles. The Bertz CT molecular complexity index is 298. The van der Waals surface area contributed by atoms with Gasteiger partial charge in [0.15, 0.2) is 0 Å². The topological polar surface area (TPSA) is 52.3 Å². The van der Waals surface area contributed by atoms with Crippen molar-refractivity contribution in [1.82, 2.24) is 0 Å². The van der Waals surface area contributed by atoms with Crippen LogP contribution >= 0.6 is 0 Å². The van der Waals surface area contributed by atoms with Gasteiger partial charge >= 0.3 is 5.97 Å². The Morgan fingerprint density at radius 1 is 1.40 bits per heavy atom. The molecule has 0 saturated carbocycles. The fraction of sp³-hybridized carbons (Fsp3) is 0.417. The number of rotatable bonds is 5. The van der Waals surface area contributed by atoms with E-state index in [9.17, 15) is 4.79 Å². The molecule has 3 nitrogen and oxygen atoms in total.